The van der Waals surface area contributed by atoms with E-state index < -0.39 is 6.37 Å². The van der Waals surface area contributed by atoms with E-state index in [-0.39, 0.29) is 0 Å². The minimum absolute atomic E-state index is 0.757. The van der Waals surface area contributed by atoms with Gasteiger partial charge in [-0.1, -0.05) is 0 Å². The summed E-state index contributed by atoms with van der Waals surface area (Å²) < 4.78 is 0.757. The van der Waals surface area contributed by atoms with Crippen LogP contribution < -0.4 is 0 Å². The molecule has 1 heteroatoms. The van der Waals surface area contributed by atoms with Crippen LogP contribution in [0.15, 0.2) is 0 Å². The summed E-state index contributed by atoms with van der Waals surface area (Å²) >= 11 is 0. The molecule has 0 radical (unpaired) electrons. The Morgan fingerprint density at radius 1 is 0.846 bits per heavy atom. The van der Waals surface area contributed by atoms with Gasteiger partial charge in [-0.2, -0.15) is 0 Å². The molecule has 10 aliphatic rings. The van der Waals surface area contributed by atoms with Crippen LogP contribution >= 0.6 is 0 Å². The third-order valence-electron chi connectivity index (χ3n) is 14.1. The Morgan fingerprint density at radius 2 is 1.31 bits per heavy atom. The van der Waals surface area contributed by atoms with Crippen LogP contribution in [-0.4, -0.2) is 0 Å². The Kier molecular flexibility index (Phi) is 0.0710. The predicted octanol–water partition coefficient (Wildman–Crippen LogP) is 3.38. The third-order valence-corrected chi connectivity index (χ3v) is 53.9. The molecule has 13 heavy (non-hydrogen) atoms. The minimum atomic E-state index is -2.65. The second-order valence-electron chi connectivity index (χ2n) is 9.39. The molecule has 0 amide bonds. The van der Waals surface area contributed by atoms with Crippen LogP contribution in [0.1, 0.15) is 0 Å². The molecule has 0 aromatic heterocycles. The van der Waals surface area contributed by atoms with Gasteiger partial charge in [-0.05, 0) is 0 Å². The zero-order valence-corrected chi connectivity index (χ0v) is 8.15. The van der Waals surface area contributed by atoms with Gasteiger partial charge in [0.05, 0.1) is 0 Å². The molecular formula is C12H10Co. The Labute approximate surface area is 67.0 Å². The van der Waals surface area contributed by atoms with Crippen molar-refractivity contribution in [1.82, 2.24) is 0 Å². The summed E-state index contributed by atoms with van der Waals surface area (Å²) in [6.07, 6.45) is 3.34. The molecule has 10 fully saturated rings. The van der Waals surface area contributed by atoms with E-state index in [4.69, 9.17) is 6.42 Å². The first-order chi connectivity index (χ1) is 6.11. The van der Waals surface area contributed by atoms with Crippen molar-refractivity contribution >= 4 is 0 Å². The van der Waals surface area contributed by atoms with E-state index in [9.17, 15) is 0 Å². The van der Waals surface area contributed by atoms with Crippen molar-refractivity contribution in [2.75, 3.05) is 0 Å². The predicted molar refractivity (Wildman–Crippen MR) is 45.3 cm³/mol. The molecule has 0 aromatic carbocycles. The Hall–Kier alpha value is 0.0665. The number of hydrogen-bond acceptors (Lipinski definition) is 0. The van der Waals surface area contributed by atoms with Crippen LogP contribution in [0.5, 0.6) is 0 Å². The fourth-order valence-electron chi connectivity index (χ4n) is 15.6. The molecule has 4 atom stereocenters. The van der Waals surface area contributed by atoms with E-state index in [0.717, 1.165) is 4.35 Å². The average molecular weight is 213 g/mol. The molecule has 0 aromatic rings. The first-order valence-corrected chi connectivity index (χ1v) is 11.6. The van der Waals surface area contributed by atoms with E-state index in [0.29, 0.717) is 0 Å². The average Bonchev–Trinajstić information content (AvgIpc) is 3.12. The number of fused-ring (bicyclic) bond motifs is 10. The van der Waals surface area contributed by atoms with Gasteiger partial charge in [0.15, 0.2) is 0 Å². The topological polar surface area (TPSA) is 0 Å². The third kappa shape index (κ3) is 0.0262. The van der Waals surface area contributed by atoms with Crippen molar-refractivity contribution in [3.8, 4) is 12.3 Å². The summed E-state index contributed by atoms with van der Waals surface area (Å²) in [5, 5.41) is 0. The molecule has 1 spiro atoms. The first-order valence-electron chi connectivity index (χ1n) is 5.68. The van der Waals surface area contributed by atoms with Gasteiger partial charge in [0, 0.05) is 0 Å². The summed E-state index contributed by atoms with van der Waals surface area (Å²) in [4.78, 5) is 12.5. The van der Waals surface area contributed by atoms with E-state index in [2.05, 4.69) is 5.92 Å². The number of hydrogen-bond donors (Lipinski definition) is 0. The molecule has 10 saturated heterocycles. The normalized spacial score (nSPS) is 151. The van der Waals surface area contributed by atoms with Crippen molar-refractivity contribution in [2.45, 2.75) is 48.0 Å². The van der Waals surface area contributed by atoms with Gasteiger partial charge in [0.1, 0.15) is 0 Å². The quantitative estimate of drug-likeness (QED) is 0.541. The summed E-state index contributed by atoms with van der Waals surface area (Å²) in [6.45, 7) is 0. The molecule has 0 N–H and O–H groups in total. The Bertz CT molecular complexity index is 834. The maximum absolute atomic E-state index is 5.99. The van der Waals surface area contributed by atoms with E-state index in [1.807, 2.05) is 0 Å². The SMILES string of the molecule is C#C[C]12[CH]3[CH]4[CH]5[CH]1[Co]45321678[CH]2[CH]1[CH]6[CH]7[CH]28. The molecule has 67 valence electrons. The summed E-state index contributed by atoms with van der Waals surface area (Å²) in [6, 6.07) is 0. The van der Waals surface area contributed by atoms with Gasteiger partial charge in [0.2, 0.25) is 0 Å². The molecule has 0 saturated carbocycles. The van der Waals surface area contributed by atoms with Gasteiger partial charge in [-0.15, -0.1) is 0 Å². The summed E-state index contributed by atoms with van der Waals surface area (Å²) in [5.74, 6) is 3.45. The van der Waals surface area contributed by atoms with E-state index in [1.165, 1.54) is 43.7 Å². The van der Waals surface area contributed by atoms with E-state index in [1.54, 1.807) is 0 Å². The zero-order valence-electron chi connectivity index (χ0n) is 7.11. The zero-order chi connectivity index (χ0) is 7.72. The molecule has 10 aliphatic heterocycles. The van der Waals surface area contributed by atoms with Crippen LogP contribution in [0.25, 0.3) is 0 Å². The number of terminal acetylenes is 1. The van der Waals surface area contributed by atoms with Crippen molar-refractivity contribution in [3.63, 3.8) is 0 Å². The van der Waals surface area contributed by atoms with Crippen LogP contribution in [0.3, 0.4) is 0 Å². The second-order valence-corrected chi connectivity index (χ2v) is 31.6. The van der Waals surface area contributed by atoms with Crippen molar-refractivity contribution in [3.05, 3.63) is 0 Å². The van der Waals surface area contributed by atoms with Crippen LogP contribution in [0.4, 0.5) is 0 Å². The van der Waals surface area contributed by atoms with Gasteiger partial charge in [-0.25, -0.2) is 0 Å². The first kappa shape index (κ1) is 3.91. The fraction of sp³-hybridized carbons (Fsp3) is 0.833. The maximum atomic E-state index is 5.99. The van der Waals surface area contributed by atoms with Crippen molar-refractivity contribution < 1.29 is 6.37 Å². The molecule has 0 bridgehead atoms. The monoisotopic (exact) mass is 213 g/mol. The van der Waals surface area contributed by atoms with Crippen LogP contribution in [-0.2, 0) is 6.37 Å². The summed E-state index contributed by atoms with van der Waals surface area (Å²) in [5.41, 5.74) is 0. The van der Waals surface area contributed by atoms with E-state index >= 15 is 0 Å². The van der Waals surface area contributed by atoms with Gasteiger partial charge < -0.3 is 0 Å². The summed E-state index contributed by atoms with van der Waals surface area (Å²) in [7, 11) is 0. The molecule has 4 unspecified atom stereocenters. The molecule has 0 aliphatic carbocycles. The van der Waals surface area contributed by atoms with Gasteiger partial charge in [0.25, 0.3) is 0 Å². The number of rotatable bonds is 0. The molecule has 0 nitrogen and oxygen atoms in total. The van der Waals surface area contributed by atoms with Crippen molar-refractivity contribution in [1.29, 1.82) is 0 Å². The molecule has 10 rings (SSSR count). The van der Waals surface area contributed by atoms with Gasteiger partial charge in [-0.3, -0.25) is 0 Å². The Morgan fingerprint density at radius 3 is 1.38 bits per heavy atom. The molecular weight excluding hydrogens is 203 g/mol. The Balaban J connectivity index is 2.16. The molecule has 10 heterocycles. The van der Waals surface area contributed by atoms with Gasteiger partial charge >= 0.3 is 66.7 Å². The fourth-order valence-corrected chi connectivity index (χ4v) is 82.8. The van der Waals surface area contributed by atoms with Crippen molar-refractivity contribution in [2.24, 2.45) is 0 Å². The standard InChI is InChI=1S/C7H5.C5H5.Co/c1-2-7-5-3-4-6-7;1-2-4-5-3-1;/h1,3-6H;1-5H;. The van der Waals surface area contributed by atoms with Crippen LogP contribution in [0, 0.1) is 12.3 Å². The second kappa shape index (κ2) is 0.236. The van der Waals surface area contributed by atoms with Crippen LogP contribution in [0.2, 0.25) is 48.0 Å².